The lowest BCUT2D eigenvalue weighted by Gasteiger charge is -2.38. The number of sulfonamides is 1. The van der Waals surface area contributed by atoms with Crippen LogP contribution in [0.15, 0.2) is 29.2 Å². The Morgan fingerprint density at radius 1 is 1.19 bits per heavy atom. The number of benzene rings is 1. The van der Waals surface area contributed by atoms with Crippen molar-refractivity contribution in [3.63, 3.8) is 0 Å². The minimum absolute atomic E-state index is 0.0496. The van der Waals surface area contributed by atoms with E-state index in [1.54, 1.807) is 39.0 Å². The third-order valence-corrected chi connectivity index (χ3v) is 7.71. The van der Waals surface area contributed by atoms with E-state index in [-0.39, 0.29) is 10.8 Å². The second-order valence-corrected chi connectivity index (χ2v) is 12.2. The Bertz CT molecular complexity index is 919. The molecule has 2 saturated heterocycles. The van der Waals surface area contributed by atoms with Gasteiger partial charge >= 0.3 is 13.2 Å². The van der Waals surface area contributed by atoms with E-state index < -0.39 is 40.0 Å². The maximum atomic E-state index is 13.0. The highest BCUT2D eigenvalue weighted by Crippen LogP contribution is 2.36. The summed E-state index contributed by atoms with van der Waals surface area (Å²) < 4.78 is 44.8. The Hall–Kier alpha value is -1.62. The SMILES string of the molecule is CC(C)(C)OC(=O)NCC1CN(S(=O)(=O)c2cccc(B3OC(C)(C)C(C)(C)O3)c2)C1. The van der Waals surface area contributed by atoms with Crippen LogP contribution in [0.2, 0.25) is 0 Å². The zero-order valence-electron chi connectivity index (χ0n) is 19.4. The van der Waals surface area contributed by atoms with E-state index in [1.807, 2.05) is 33.8 Å². The van der Waals surface area contributed by atoms with E-state index in [9.17, 15) is 13.2 Å². The Kier molecular flexibility index (Phi) is 6.25. The Morgan fingerprint density at radius 3 is 2.32 bits per heavy atom. The zero-order chi connectivity index (χ0) is 23.2. The highest BCUT2D eigenvalue weighted by molar-refractivity contribution is 7.89. The molecule has 0 saturated carbocycles. The first kappa shape index (κ1) is 24.0. The number of ether oxygens (including phenoxy) is 1. The first-order valence-corrected chi connectivity index (χ1v) is 12.0. The molecule has 1 aromatic carbocycles. The van der Waals surface area contributed by atoms with E-state index in [0.717, 1.165) is 0 Å². The molecule has 1 N–H and O–H groups in total. The molecule has 1 amide bonds. The molecular weight excluding hydrogens is 419 g/mol. The number of carbonyl (C=O) groups is 1. The summed E-state index contributed by atoms with van der Waals surface area (Å²) in [5.41, 5.74) is -0.902. The molecule has 10 heteroatoms. The molecule has 0 radical (unpaired) electrons. The Morgan fingerprint density at radius 2 is 1.77 bits per heavy atom. The van der Waals surface area contributed by atoms with Gasteiger partial charge in [-0.25, -0.2) is 13.2 Å². The van der Waals surface area contributed by atoms with E-state index in [2.05, 4.69) is 5.32 Å². The van der Waals surface area contributed by atoms with Crippen LogP contribution in [0, 0.1) is 5.92 Å². The van der Waals surface area contributed by atoms with Crippen LogP contribution in [0.4, 0.5) is 4.79 Å². The van der Waals surface area contributed by atoms with Gasteiger partial charge in [0.1, 0.15) is 5.60 Å². The summed E-state index contributed by atoms with van der Waals surface area (Å²) in [6, 6.07) is 6.71. The van der Waals surface area contributed by atoms with Crippen molar-refractivity contribution >= 4 is 28.7 Å². The topological polar surface area (TPSA) is 94.2 Å². The fraction of sp³-hybridized carbons (Fsp3) is 0.667. The summed E-state index contributed by atoms with van der Waals surface area (Å²) in [5, 5.41) is 2.70. The highest BCUT2D eigenvalue weighted by Gasteiger charge is 2.52. The molecule has 2 aliphatic heterocycles. The van der Waals surface area contributed by atoms with Gasteiger partial charge in [0.15, 0.2) is 0 Å². The molecule has 0 aliphatic carbocycles. The van der Waals surface area contributed by atoms with Crippen LogP contribution in [0.3, 0.4) is 0 Å². The van der Waals surface area contributed by atoms with Crippen LogP contribution in [-0.2, 0) is 24.1 Å². The van der Waals surface area contributed by atoms with Crippen molar-refractivity contribution in [2.24, 2.45) is 5.92 Å². The summed E-state index contributed by atoms with van der Waals surface area (Å²) in [6.45, 7) is 14.3. The lowest BCUT2D eigenvalue weighted by Crippen LogP contribution is -2.54. The first-order chi connectivity index (χ1) is 14.1. The lowest BCUT2D eigenvalue weighted by atomic mass is 9.79. The minimum atomic E-state index is -3.63. The van der Waals surface area contributed by atoms with Crippen molar-refractivity contribution in [2.45, 2.75) is 70.2 Å². The van der Waals surface area contributed by atoms with Gasteiger partial charge in [-0.15, -0.1) is 0 Å². The summed E-state index contributed by atoms with van der Waals surface area (Å²) in [5.74, 6) is 0.0496. The summed E-state index contributed by atoms with van der Waals surface area (Å²) in [7, 11) is -4.26. The molecule has 0 atom stereocenters. The molecule has 2 fully saturated rings. The Labute approximate surface area is 185 Å². The summed E-state index contributed by atoms with van der Waals surface area (Å²) >= 11 is 0. The van der Waals surface area contributed by atoms with Gasteiger partial charge in [-0.05, 0) is 66.1 Å². The number of nitrogens with zero attached hydrogens (tertiary/aromatic N) is 1. The van der Waals surface area contributed by atoms with Crippen molar-refractivity contribution in [3.8, 4) is 0 Å². The van der Waals surface area contributed by atoms with Gasteiger partial charge in [-0.3, -0.25) is 0 Å². The maximum absolute atomic E-state index is 13.0. The van der Waals surface area contributed by atoms with Gasteiger partial charge < -0.3 is 19.4 Å². The molecule has 1 aromatic rings. The molecule has 2 heterocycles. The Balaban J connectivity index is 1.60. The molecule has 0 bridgehead atoms. The predicted octanol–water partition coefficient (Wildman–Crippen LogP) is 2.13. The van der Waals surface area contributed by atoms with Gasteiger partial charge in [0.05, 0.1) is 16.1 Å². The number of hydrogen-bond acceptors (Lipinski definition) is 6. The number of amides is 1. The molecule has 172 valence electrons. The van der Waals surface area contributed by atoms with Gasteiger partial charge in [0.25, 0.3) is 0 Å². The third kappa shape index (κ3) is 5.24. The molecule has 0 spiro atoms. The quantitative estimate of drug-likeness (QED) is 0.688. The second kappa shape index (κ2) is 8.06. The number of carbonyl (C=O) groups excluding carboxylic acids is 1. The average molecular weight is 452 g/mol. The van der Waals surface area contributed by atoms with Crippen LogP contribution < -0.4 is 10.8 Å². The first-order valence-electron chi connectivity index (χ1n) is 10.5. The fourth-order valence-electron chi connectivity index (χ4n) is 3.34. The molecule has 0 unspecified atom stereocenters. The molecule has 31 heavy (non-hydrogen) atoms. The largest absolute Gasteiger partial charge is 0.494 e. The van der Waals surface area contributed by atoms with E-state index in [1.165, 1.54) is 4.31 Å². The molecule has 3 rings (SSSR count). The highest BCUT2D eigenvalue weighted by atomic mass is 32.2. The summed E-state index contributed by atoms with van der Waals surface area (Å²) in [6.07, 6.45) is -0.496. The van der Waals surface area contributed by atoms with E-state index >= 15 is 0 Å². The average Bonchev–Trinajstić information content (AvgIpc) is 2.79. The maximum Gasteiger partial charge on any atom is 0.494 e. The predicted molar refractivity (Wildman–Crippen MR) is 119 cm³/mol. The number of nitrogens with one attached hydrogen (secondary N) is 1. The number of alkyl carbamates (subject to hydrolysis) is 1. The van der Waals surface area contributed by atoms with Crippen molar-refractivity contribution in [2.75, 3.05) is 19.6 Å². The smallest absolute Gasteiger partial charge is 0.444 e. The molecule has 8 nitrogen and oxygen atoms in total. The third-order valence-electron chi connectivity index (χ3n) is 5.88. The van der Waals surface area contributed by atoms with Crippen molar-refractivity contribution in [3.05, 3.63) is 24.3 Å². The monoisotopic (exact) mass is 452 g/mol. The lowest BCUT2D eigenvalue weighted by molar-refractivity contribution is 0.00578. The fourth-order valence-corrected chi connectivity index (χ4v) is 4.99. The molecular formula is C21H33BN2O6S. The second-order valence-electron chi connectivity index (χ2n) is 10.2. The molecule has 2 aliphatic rings. The van der Waals surface area contributed by atoms with Crippen molar-refractivity contribution < 1.29 is 27.3 Å². The number of hydrogen-bond donors (Lipinski definition) is 1. The van der Waals surface area contributed by atoms with Gasteiger partial charge in [0.2, 0.25) is 10.0 Å². The van der Waals surface area contributed by atoms with Crippen molar-refractivity contribution in [1.29, 1.82) is 0 Å². The van der Waals surface area contributed by atoms with Gasteiger partial charge in [-0.2, -0.15) is 4.31 Å². The van der Waals surface area contributed by atoms with E-state index in [0.29, 0.717) is 25.1 Å². The summed E-state index contributed by atoms with van der Waals surface area (Å²) in [4.78, 5) is 12.0. The van der Waals surface area contributed by atoms with Crippen LogP contribution in [-0.4, -0.2) is 62.4 Å². The van der Waals surface area contributed by atoms with Crippen LogP contribution in [0.25, 0.3) is 0 Å². The van der Waals surface area contributed by atoms with Crippen LogP contribution >= 0.6 is 0 Å². The minimum Gasteiger partial charge on any atom is -0.444 e. The zero-order valence-corrected chi connectivity index (χ0v) is 20.2. The van der Waals surface area contributed by atoms with Crippen LogP contribution in [0.1, 0.15) is 48.5 Å². The van der Waals surface area contributed by atoms with Crippen LogP contribution in [0.5, 0.6) is 0 Å². The van der Waals surface area contributed by atoms with Gasteiger partial charge in [0, 0.05) is 25.6 Å². The van der Waals surface area contributed by atoms with Gasteiger partial charge in [-0.1, -0.05) is 12.1 Å². The van der Waals surface area contributed by atoms with E-state index in [4.69, 9.17) is 14.0 Å². The van der Waals surface area contributed by atoms with Crippen molar-refractivity contribution in [1.82, 2.24) is 9.62 Å². The standard InChI is InChI=1S/C21H33BN2O6S/c1-19(2,3)28-18(25)23-12-15-13-24(14-15)31(26,27)17-10-8-9-16(11-17)22-29-20(4,5)21(6,7)30-22/h8-11,15H,12-14H2,1-7H3,(H,23,25). The normalized spacial score (nSPS) is 21.6. The molecule has 0 aromatic heterocycles. The number of rotatable bonds is 5.